The molecule has 0 saturated carbocycles. The van der Waals surface area contributed by atoms with Gasteiger partial charge >= 0.3 is 0 Å². The second-order valence-electron chi connectivity index (χ2n) is 4.53. The van der Waals surface area contributed by atoms with E-state index in [-0.39, 0.29) is 5.91 Å². The molecule has 0 aliphatic carbocycles. The van der Waals surface area contributed by atoms with Crippen molar-refractivity contribution in [2.75, 3.05) is 23.4 Å². The fraction of sp³-hybridized carbons (Fsp3) is 0.250. The number of nitrogens with one attached hydrogen (secondary N) is 2. The van der Waals surface area contributed by atoms with E-state index >= 15 is 0 Å². The molecule has 1 aromatic heterocycles. The molecule has 0 spiro atoms. The first-order valence-electron chi connectivity index (χ1n) is 6.88. The Kier molecular flexibility index (Phi) is 5.63. The van der Waals surface area contributed by atoms with Gasteiger partial charge in [0.2, 0.25) is 0 Å². The van der Waals surface area contributed by atoms with Gasteiger partial charge in [-0.3, -0.25) is 9.78 Å². The molecule has 2 rings (SSSR count). The first-order valence-corrected chi connectivity index (χ1v) is 8.10. The van der Waals surface area contributed by atoms with Crippen LogP contribution in [-0.2, 0) is 0 Å². The van der Waals surface area contributed by atoms with Crippen LogP contribution in [0.1, 0.15) is 23.7 Å². The zero-order valence-electron chi connectivity index (χ0n) is 12.2. The molecule has 0 radical (unpaired) electrons. The minimum atomic E-state index is -0.153. The second kappa shape index (κ2) is 7.69. The highest BCUT2D eigenvalue weighted by Gasteiger charge is 2.11. The Hall–Kier alpha value is -2.01. The van der Waals surface area contributed by atoms with E-state index in [1.54, 1.807) is 24.2 Å². The maximum absolute atomic E-state index is 12.4. The maximum Gasteiger partial charge on any atom is 0.259 e. The number of hydrogen-bond donors (Lipinski definition) is 2. The number of rotatable bonds is 6. The van der Waals surface area contributed by atoms with Crippen LogP contribution in [0.3, 0.4) is 0 Å². The molecule has 0 fully saturated rings. The minimum absolute atomic E-state index is 0.153. The fourth-order valence-corrected chi connectivity index (χ4v) is 2.35. The predicted octanol–water partition coefficient (Wildman–Crippen LogP) is 3.88. The standard InChI is InChI=1S/C16H19N3OS/c1-3-8-18-15-7-9-17-11-14(15)16(20)19-12-5-4-6-13(10-12)21-2/h4-7,9-11H,3,8H2,1-2H3,(H,17,18)(H,19,20). The van der Waals surface area contributed by atoms with Gasteiger partial charge in [-0.15, -0.1) is 11.8 Å². The Balaban J connectivity index is 2.16. The molecule has 0 saturated heterocycles. The molecule has 2 N–H and O–H groups in total. The van der Waals surface area contributed by atoms with Crippen LogP contribution in [-0.4, -0.2) is 23.7 Å². The molecule has 0 unspecified atom stereocenters. The van der Waals surface area contributed by atoms with E-state index < -0.39 is 0 Å². The zero-order valence-corrected chi connectivity index (χ0v) is 13.0. The van der Waals surface area contributed by atoms with Gasteiger partial charge < -0.3 is 10.6 Å². The van der Waals surface area contributed by atoms with E-state index in [0.29, 0.717) is 5.56 Å². The molecule has 0 aliphatic heterocycles. The summed E-state index contributed by atoms with van der Waals surface area (Å²) in [6.45, 7) is 2.91. The lowest BCUT2D eigenvalue weighted by molar-refractivity contribution is 0.102. The van der Waals surface area contributed by atoms with Gasteiger partial charge in [0.15, 0.2) is 0 Å². The first kappa shape index (κ1) is 15.4. The Bertz CT molecular complexity index is 616. The molecule has 4 nitrogen and oxygen atoms in total. The third-order valence-corrected chi connectivity index (χ3v) is 3.68. The number of pyridine rings is 1. The van der Waals surface area contributed by atoms with Crippen LogP contribution in [0.5, 0.6) is 0 Å². The number of aromatic nitrogens is 1. The van der Waals surface area contributed by atoms with E-state index in [0.717, 1.165) is 29.2 Å². The van der Waals surface area contributed by atoms with Gasteiger partial charge in [-0.05, 0) is 36.9 Å². The Morgan fingerprint density at radius 2 is 2.19 bits per heavy atom. The van der Waals surface area contributed by atoms with E-state index in [1.807, 2.05) is 36.6 Å². The quantitative estimate of drug-likeness (QED) is 0.795. The average molecular weight is 301 g/mol. The highest BCUT2D eigenvalue weighted by molar-refractivity contribution is 7.98. The smallest absolute Gasteiger partial charge is 0.259 e. The molecule has 1 amide bonds. The van der Waals surface area contributed by atoms with Crippen molar-refractivity contribution in [1.29, 1.82) is 0 Å². The molecular weight excluding hydrogens is 282 g/mol. The van der Waals surface area contributed by atoms with Crippen molar-refractivity contribution in [2.24, 2.45) is 0 Å². The van der Waals surface area contributed by atoms with Crippen LogP contribution in [0.4, 0.5) is 11.4 Å². The normalized spacial score (nSPS) is 10.2. The van der Waals surface area contributed by atoms with Crippen molar-refractivity contribution in [3.05, 3.63) is 48.3 Å². The fourth-order valence-electron chi connectivity index (χ4n) is 1.89. The Labute approximate surface area is 129 Å². The monoisotopic (exact) mass is 301 g/mol. The molecule has 1 heterocycles. The van der Waals surface area contributed by atoms with Crippen LogP contribution in [0, 0.1) is 0 Å². The van der Waals surface area contributed by atoms with Crippen LogP contribution in [0.2, 0.25) is 0 Å². The van der Waals surface area contributed by atoms with Gasteiger partial charge in [0.05, 0.1) is 11.3 Å². The van der Waals surface area contributed by atoms with Crippen molar-refractivity contribution in [2.45, 2.75) is 18.2 Å². The van der Waals surface area contributed by atoms with Crippen molar-refractivity contribution >= 4 is 29.0 Å². The number of thioether (sulfide) groups is 1. The van der Waals surface area contributed by atoms with Gasteiger partial charge in [-0.25, -0.2) is 0 Å². The lowest BCUT2D eigenvalue weighted by Gasteiger charge is -2.11. The molecule has 0 atom stereocenters. The van der Waals surface area contributed by atoms with Gasteiger partial charge in [0.1, 0.15) is 0 Å². The Morgan fingerprint density at radius 1 is 1.33 bits per heavy atom. The number of anilines is 2. The van der Waals surface area contributed by atoms with E-state index in [1.165, 1.54) is 0 Å². The number of benzene rings is 1. The summed E-state index contributed by atoms with van der Waals surface area (Å²) >= 11 is 1.64. The SMILES string of the molecule is CCCNc1ccncc1C(=O)Nc1cccc(SC)c1. The summed E-state index contributed by atoms with van der Waals surface area (Å²) in [5, 5.41) is 6.16. The summed E-state index contributed by atoms with van der Waals surface area (Å²) in [7, 11) is 0. The van der Waals surface area contributed by atoms with Gasteiger partial charge in [-0.1, -0.05) is 13.0 Å². The van der Waals surface area contributed by atoms with Gasteiger partial charge in [0, 0.05) is 29.5 Å². The van der Waals surface area contributed by atoms with E-state index in [2.05, 4.69) is 22.5 Å². The highest BCUT2D eigenvalue weighted by atomic mass is 32.2. The Morgan fingerprint density at radius 3 is 2.95 bits per heavy atom. The third kappa shape index (κ3) is 4.23. The minimum Gasteiger partial charge on any atom is -0.384 e. The number of amides is 1. The molecule has 0 aliphatic rings. The largest absolute Gasteiger partial charge is 0.384 e. The van der Waals surface area contributed by atoms with Crippen molar-refractivity contribution in [3.63, 3.8) is 0 Å². The van der Waals surface area contributed by atoms with Crippen molar-refractivity contribution in [1.82, 2.24) is 4.98 Å². The zero-order chi connectivity index (χ0) is 15.1. The summed E-state index contributed by atoms with van der Waals surface area (Å²) < 4.78 is 0. The molecule has 0 bridgehead atoms. The molecular formula is C16H19N3OS. The summed E-state index contributed by atoms with van der Waals surface area (Å²) in [4.78, 5) is 17.6. The van der Waals surface area contributed by atoms with E-state index in [9.17, 15) is 4.79 Å². The van der Waals surface area contributed by atoms with Gasteiger partial charge in [0.25, 0.3) is 5.91 Å². The number of nitrogens with zero attached hydrogens (tertiary/aromatic N) is 1. The first-order chi connectivity index (χ1) is 10.2. The molecule has 1 aromatic carbocycles. The molecule has 110 valence electrons. The van der Waals surface area contributed by atoms with Crippen LogP contribution in [0.25, 0.3) is 0 Å². The summed E-state index contributed by atoms with van der Waals surface area (Å²) in [6.07, 6.45) is 6.28. The summed E-state index contributed by atoms with van der Waals surface area (Å²) in [5.41, 5.74) is 2.16. The predicted molar refractivity (Wildman–Crippen MR) is 89.2 cm³/mol. The van der Waals surface area contributed by atoms with Crippen molar-refractivity contribution < 1.29 is 4.79 Å². The van der Waals surface area contributed by atoms with Crippen LogP contribution < -0.4 is 10.6 Å². The number of carbonyl (C=O) groups is 1. The second-order valence-corrected chi connectivity index (χ2v) is 5.41. The lowest BCUT2D eigenvalue weighted by Crippen LogP contribution is -2.15. The summed E-state index contributed by atoms with van der Waals surface area (Å²) in [5.74, 6) is -0.153. The number of carbonyl (C=O) groups excluding carboxylic acids is 1. The molecule has 5 heteroatoms. The van der Waals surface area contributed by atoms with Gasteiger partial charge in [-0.2, -0.15) is 0 Å². The topological polar surface area (TPSA) is 54.0 Å². The number of hydrogen-bond acceptors (Lipinski definition) is 4. The van der Waals surface area contributed by atoms with E-state index in [4.69, 9.17) is 0 Å². The molecule has 2 aromatic rings. The molecule has 21 heavy (non-hydrogen) atoms. The lowest BCUT2D eigenvalue weighted by atomic mass is 10.2. The van der Waals surface area contributed by atoms with Crippen LogP contribution >= 0.6 is 11.8 Å². The highest BCUT2D eigenvalue weighted by Crippen LogP contribution is 2.21. The van der Waals surface area contributed by atoms with Crippen LogP contribution in [0.15, 0.2) is 47.6 Å². The third-order valence-electron chi connectivity index (χ3n) is 2.96. The van der Waals surface area contributed by atoms with Crippen molar-refractivity contribution in [3.8, 4) is 0 Å². The summed E-state index contributed by atoms with van der Waals surface area (Å²) in [6, 6.07) is 9.60. The maximum atomic E-state index is 12.4. The average Bonchev–Trinajstić information content (AvgIpc) is 2.53.